The minimum atomic E-state index is 0. The molecular weight excluding hydrogens is 491 g/mol. The van der Waals surface area contributed by atoms with Crippen LogP contribution >= 0.6 is 47.1 Å². The number of benzene rings is 1. The van der Waals surface area contributed by atoms with Crippen LogP contribution in [-0.2, 0) is 6.54 Å². The predicted octanol–water partition coefficient (Wildman–Crippen LogP) is 4.39. The minimum Gasteiger partial charge on any atom is -0.497 e. The Morgan fingerprint density at radius 3 is 2.70 bits per heavy atom. The molecule has 1 fully saturated rings. The van der Waals surface area contributed by atoms with Gasteiger partial charge in [0.1, 0.15) is 10.8 Å². The maximum absolute atomic E-state index is 5.21. The van der Waals surface area contributed by atoms with Crippen molar-refractivity contribution in [1.82, 2.24) is 15.6 Å². The topological polar surface area (TPSA) is 58.5 Å². The van der Waals surface area contributed by atoms with Crippen molar-refractivity contribution in [3.05, 3.63) is 35.3 Å². The van der Waals surface area contributed by atoms with E-state index in [1.165, 1.54) is 18.6 Å². The van der Waals surface area contributed by atoms with E-state index in [1.54, 1.807) is 18.4 Å². The second-order valence-corrected chi connectivity index (χ2v) is 9.09. The number of halogens is 1. The van der Waals surface area contributed by atoms with Gasteiger partial charge in [-0.25, -0.2) is 4.98 Å². The van der Waals surface area contributed by atoms with E-state index in [-0.39, 0.29) is 24.0 Å². The molecule has 1 aromatic heterocycles. The Hall–Kier alpha value is -1.00. The molecule has 2 aromatic rings. The fourth-order valence-electron chi connectivity index (χ4n) is 2.90. The summed E-state index contributed by atoms with van der Waals surface area (Å²) >= 11 is 3.70. The van der Waals surface area contributed by atoms with E-state index in [4.69, 9.17) is 9.72 Å². The molecule has 8 heteroatoms. The van der Waals surface area contributed by atoms with E-state index in [2.05, 4.69) is 39.7 Å². The highest BCUT2D eigenvalue weighted by molar-refractivity contribution is 14.0. The average molecular weight is 518 g/mol. The highest BCUT2D eigenvalue weighted by Gasteiger charge is 2.29. The van der Waals surface area contributed by atoms with Gasteiger partial charge >= 0.3 is 0 Å². The number of thiazole rings is 1. The second-order valence-electron chi connectivity index (χ2n) is 6.55. The van der Waals surface area contributed by atoms with Crippen LogP contribution in [0.25, 0.3) is 10.6 Å². The van der Waals surface area contributed by atoms with Crippen LogP contribution in [0.1, 0.15) is 25.5 Å². The fourth-order valence-corrected chi connectivity index (χ4v) is 4.97. The maximum atomic E-state index is 5.21. The van der Waals surface area contributed by atoms with Crippen molar-refractivity contribution in [1.29, 1.82) is 0 Å². The van der Waals surface area contributed by atoms with Gasteiger partial charge in [0.15, 0.2) is 5.96 Å². The first kappa shape index (κ1) is 22.3. The number of thioether (sulfide) groups is 1. The van der Waals surface area contributed by atoms with Crippen molar-refractivity contribution in [2.24, 2.45) is 4.99 Å². The van der Waals surface area contributed by atoms with E-state index < -0.39 is 0 Å². The fraction of sp³-hybridized carbons (Fsp3) is 0.474. The van der Waals surface area contributed by atoms with Gasteiger partial charge in [0.05, 0.1) is 19.3 Å². The third kappa shape index (κ3) is 6.25. The Morgan fingerprint density at radius 1 is 1.30 bits per heavy atom. The molecule has 0 radical (unpaired) electrons. The molecule has 2 N–H and O–H groups in total. The Kier molecular flexibility index (Phi) is 8.68. The molecule has 3 rings (SSSR count). The van der Waals surface area contributed by atoms with Gasteiger partial charge in [-0.1, -0.05) is 0 Å². The third-order valence-corrected chi connectivity index (χ3v) is 6.96. The molecule has 148 valence electrons. The van der Waals surface area contributed by atoms with Crippen LogP contribution in [0.5, 0.6) is 5.75 Å². The van der Waals surface area contributed by atoms with Crippen LogP contribution in [0.4, 0.5) is 0 Å². The van der Waals surface area contributed by atoms with Crippen LogP contribution in [0.2, 0.25) is 0 Å². The lowest BCUT2D eigenvalue weighted by atomic mass is 10.1. The number of nitrogens with zero attached hydrogens (tertiary/aromatic N) is 2. The van der Waals surface area contributed by atoms with Crippen LogP contribution in [-0.4, -0.2) is 42.1 Å². The van der Waals surface area contributed by atoms with Gasteiger partial charge in [0.2, 0.25) is 0 Å². The normalized spacial score (nSPS) is 19.4. The van der Waals surface area contributed by atoms with Gasteiger partial charge in [-0.3, -0.25) is 4.99 Å². The lowest BCUT2D eigenvalue weighted by Gasteiger charge is -2.24. The molecule has 1 aliphatic heterocycles. The number of hydrogen-bond donors (Lipinski definition) is 2. The highest BCUT2D eigenvalue weighted by atomic mass is 127. The number of ether oxygens (including phenoxy) is 1. The molecule has 1 aromatic carbocycles. The molecule has 0 amide bonds. The Balaban J connectivity index is 0.00000261. The van der Waals surface area contributed by atoms with Crippen LogP contribution in [0, 0.1) is 0 Å². The monoisotopic (exact) mass is 518 g/mol. The van der Waals surface area contributed by atoms with Crippen molar-refractivity contribution < 1.29 is 4.74 Å². The zero-order valence-electron chi connectivity index (χ0n) is 15.9. The summed E-state index contributed by atoms with van der Waals surface area (Å²) in [6.45, 7) is 3.92. The minimum absolute atomic E-state index is 0. The summed E-state index contributed by atoms with van der Waals surface area (Å²) in [4.78, 5) is 9.05. The molecule has 1 aliphatic rings. The van der Waals surface area contributed by atoms with Gasteiger partial charge in [-0.15, -0.1) is 35.3 Å². The lowest BCUT2D eigenvalue weighted by molar-refractivity contribution is 0.415. The SMILES string of the molecule is CN=C(NCc1csc(-c2ccc(OC)cc2)n1)NCC1(C)CCCS1.I. The highest BCUT2D eigenvalue weighted by Crippen LogP contribution is 2.36. The summed E-state index contributed by atoms with van der Waals surface area (Å²) in [7, 11) is 3.48. The molecule has 1 unspecified atom stereocenters. The van der Waals surface area contributed by atoms with Crippen molar-refractivity contribution >= 4 is 53.0 Å². The van der Waals surface area contributed by atoms with Crippen molar-refractivity contribution in [3.8, 4) is 16.3 Å². The Bertz CT molecular complexity index is 742. The predicted molar refractivity (Wildman–Crippen MR) is 128 cm³/mol. The molecule has 0 aliphatic carbocycles. The number of nitrogens with one attached hydrogen (secondary N) is 2. The number of guanidine groups is 1. The molecule has 0 spiro atoms. The molecule has 1 saturated heterocycles. The lowest BCUT2D eigenvalue weighted by Crippen LogP contribution is -2.43. The number of aliphatic imine (C=N–C) groups is 1. The van der Waals surface area contributed by atoms with E-state index in [0.717, 1.165) is 34.5 Å². The molecular formula is C19H27IN4OS2. The van der Waals surface area contributed by atoms with Crippen molar-refractivity contribution in [3.63, 3.8) is 0 Å². The van der Waals surface area contributed by atoms with Gasteiger partial charge in [-0.05, 0) is 49.8 Å². The first-order chi connectivity index (χ1) is 12.6. The van der Waals surface area contributed by atoms with Gasteiger partial charge in [-0.2, -0.15) is 11.8 Å². The largest absolute Gasteiger partial charge is 0.497 e. The quantitative estimate of drug-likeness (QED) is 0.338. The number of aromatic nitrogens is 1. The molecule has 27 heavy (non-hydrogen) atoms. The summed E-state index contributed by atoms with van der Waals surface area (Å²) in [6.07, 6.45) is 2.57. The van der Waals surface area contributed by atoms with Gasteiger partial charge < -0.3 is 15.4 Å². The second kappa shape index (κ2) is 10.5. The van der Waals surface area contributed by atoms with E-state index in [0.29, 0.717) is 11.3 Å². The third-order valence-electron chi connectivity index (χ3n) is 4.48. The molecule has 0 saturated carbocycles. The Labute approximate surface area is 186 Å². The van der Waals surface area contributed by atoms with E-state index in [1.807, 2.05) is 31.3 Å². The van der Waals surface area contributed by atoms with Crippen LogP contribution in [0.3, 0.4) is 0 Å². The van der Waals surface area contributed by atoms with Crippen LogP contribution in [0.15, 0.2) is 34.6 Å². The molecule has 2 heterocycles. The summed E-state index contributed by atoms with van der Waals surface area (Å²) in [6, 6.07) is 7.99. The Morgan fingerprint density at radius 2 is 2.07 bits per heavy atom. The van der Waals surface area contributed by atoms with Crippen molar-refractivity contribution in [2.45, 2.75) is 31.1 Å². The molecule has 0 bridgehead atoms. The zero-order valence-corrected chi connectivity index (χ0v) is 19.9. The molecule has 5 nitrogen and oxygen atoms in total. The molecule has 1 atom stereocenters. The van der Waals surface area contributed by atoms with Crippen LogP contribution < -0.4 is 15.4 Å². The van der Waals surface area contributed by atoms with Gasteiger partial charge in [0.25, 0.3) is 0 Å². The van der Waals surface area contributed by atoms with E-state index in [9.17, 15) is 0 Å². The summed E-state index contributed by atoms with van der Waals surface area (Å²) in [5.41, 5.74) is 2.13. The van der Waals surface area contributed by atoms with Crippen molar-refractivity contribution in [2.75, 3.05) is 26.5 Å². The van der Waals surface area contributed by atoms with Gasteiger partial charge in [0, 0.05) is 29.3 Å². The maximum Gasteiger partial charge on any atom is 0.191 e. The first-order valence-electron chi connectivity index (χ1n) is 8.79. The zero-order chi connectivity index (χ0) is 18.4. The average Bonchev–Trinajstić information content (AvgIpc) is 3.32. The summed E-state index contributed by atoms with van der Waals surface area (Å²) in [5, 5.41) is 9.92. The summed E-state index contributed by atoms with van der Waals surface area (Å²) < 4.78 is 5.52. The number of methoxy groups -OCH3 is 1. The summed E-state index contributed by atoms with van der Waals surface area (Å²) in [5.74, 6) is 2.95. The first-order valence-corrected chi connectivity index (χ1v) is 10.7. The van der Waals surface area contributed by atoms with E-state index >= 15 is 0 Å². The number of rotatable bonds is 6. The standard InChI is InChI=1S/C19H26N4OS2.HI/c1-19(9-4-10-26-19)13-22-18(20-2)21-11-15-12-25-17(23-15)14-5-7-16(24-3)8-6-14;/h5-8,12H,4,9-11,13H2,1-3H3,(H2,20,21,22);1H. The smallest absolute Gasteiger partial charge is 0.191 e. The number of hydrogen-bond acceptors (Lipinski definition) is 5.